The van der Waals surface area contributed by atoms with Crippen molar-refractivity contribution in [2.45, 2.75) is 17.9 Å². The minimum atomic E-state index is -3.65. The molecule has 1 aliphatic heterocycles. The van der Waals surface area contributed by atoms with Crippen LogP contribution in [0.3, 0.4) is 0 Å². The van der Waals surface area contributed by atoms with Gasteiger partial charge in [-0.15, -0.1) is 10.2 Å². The Kier molecular flexibility index (Phi) is 5.35. The fraction of sp³-hybridized carbons (Fsp3) is 0.438. The van der Waals surface area contributed by atoms with Crippen molar-refractivity contribution in [3.63, 3.8) is 0 Å². The molecule has 140 valence electrons. The highest BCUT2D eigenvalue weighted by molar-refractivity contribution is 7.89. The summed E-state index contributed by atoms with van der Waals surface area (Å²) < 4.78 is 33.7. The van der Waals surface area contributed by atoms with Gasteiger partial charge in [0.2, 0.25) is 10.0 Å². The van der Waals surface area contributed by atoms with Crippen molar-refractivity contribution >= 4 is 15.9 Å². The van der Waals surface area contributed by atoms with Gasteiger partial charge in [-0.1, -0.05) is 6.07 Å². The number of hydrogen-bond donors (Lipinski definition) is 1. The third kappa shape index (κ3) is 3.76. The Hall–Kier alpha value is -2.30. The van der Waals surface area contributed by atoms with Gasteiger partial charge in [-0.25, -0.2) is 8.42 Å². The third-order valence-electron chi connectivity index (χ3n) is 4.19. The first-order valence-corrected chi connectivity index (χ1v) is 9.66. The highest BCUT2D eigenvalue weighted by Crippen LogP contribution is 2.19. The van der Waals surface area contributed by atoms with Gasteiger partial charge in [0.05, 0.1) is 24.2 Å². The minimum Gasteiger partial charge on any atom is -0.379 e. The molecule has 9 nitrogen and oxygen atoms in total. The summed E-state index contributed by atoms with van der Waals surface area (Å²) in [7, 11) is -1.86. The SMILES string of the molecule is C[C@H](NC(=O)c1cccc(S(=O)(=O)N2CCOCC2)c1)c1nncn1C. The normalized spacial score (nSPS) is 17.0. The van der Waals surface area contributed by atoms with E-state index in [1.54, 1.807) is 37.0 Å². The van der Waals surface area contributed by atoms with Crippen LogP contribution >= 0.6 is 0 Å². The summed E-state index contributed by atoms with van der Waals surface area (Å²) in [5.74, 6) is 0.231. The van der Waals surface area contributed by atoms with E-state index in [0.717, 1.165) is 0 Å². The van der Waals surface area contributed by atoms with Gasteiger partial charge in [-0.05, 0) is 25.1 Å². The zero-order valence-electron chi connectivity index (χ0n) is 14.6. The molecule has 0 spiro atoms. The van der Waals surface area contributed by atoms with E-state index >= 15 is 0 Å². The Morgan fingerprint density at radius 1 is 1.31 bits per heavy atom. The van der Waals surface area contributed by atoms with Gasteiger partial charge >= 0.3 is 0 Å². The second kappa shape index (κ2) is 7.52. The molecular weight excluding hydrogens is 358 g/mol. The summed E-state index contributed by atoms with van der Waals surface area (Å²) in [6.45, 7) is 3.14. The molecule has 2 heterocycles. The number of amides is 1. The van der Waals surface area contributed by atoms with E-state index in [4.69, 9.17) is 4.74 Å². The number of aryl methyl sites for hydroxylation is 1. The Morgan fingerprint density at radius 2 is 2.04 bits per heavy atom. The average Bonchev–Trinajstić information content (AvgIpc) is 3.08. The number of morpholine rings is 1. The predicted molar refractivity (Wildman–Crippen MR) is 92.9 cm³/mol. The topological polar surface area (TPSA) is 106 Å². The van der Waals surface area contributed by atoms with Crippen molar-refractivity contribution in [1.29, 1.82) is 0 Å². The van der Waals surface area contributed by atoms with Gasteiger partial charge in [0.15, 0.2) is 5.82 Å². The van der Waals surface area contributed by atoms with Crippen molar-refractivity contribution in [2.24, 2.45) is 7.05 Å². The molecule has 3 rings (SSSR count). The number of carbonyl (C=O) groups excluding carboxylic acids is 1. The first-order chi connectivity index (χ1) is 12.4. The number of sulfonamides is 1. The molecule has 2 aromatic rings. The van der Waals surface area contributed by atoms with E-state index in [1.165, 1.54) is 16.4 Å². The molecule has 0 bridgehead atoms. The summed E-state index contributed by atoms with van der Waals surface area (Å²) in [6.07, 6.45) is 1.55. The smallest absolute Gasteiger partial charge is 0.251 e. The zero-order chi connectivity index (χ0) is 18.7. The van der Waals surface area contributed by atoms with Crippen molar-refractivity contribution in [3.8, 4) is 0 Å². The fourth-order valence-electron chi connectivity index (χ4n) is 2.76. The molecule has 0 aliphatic carbocycles. The number of hydrogen-bond acceptors (Lipinski definition) is 6. The number of ether oxygens (including phenoxy) is 1. The third-order valence-corrected chi connectivity index (χ3v) is 6.08. The highest BCUT2D eigenvalue weighted by Gasteiger charge is 2.27. The molecule has 1 aromatic heterocycles. The fourth-order valence-corrected chi connectivity index (χ4v) is 4.22. The van der Waals surface area contributed by atoms with E-state index < -0.39 is 10.0 Å². The van der Waals surface area contributed by atoms with E-state index in [-0.39, 0.29) is 22.4 Å². The largest absolute Gasteiger partial charge is 0.379 e. The molecule has 1 aliphatic rings. The van der Waals surface area contributed by atoms with Crippen LogP contribution in [0.5, 0.6) is 0 Å². The van der Waals surface area contributed by atoms with Crippen molar-refractivity contribution in [2.75, 3.05) is 26.3 Å². The van der Waals surface area contributed by atoms with Gasteiger partial charge in [-0.3, -0.25) is 4.79 Å². The van der Waals surface area contributed by atoms with Crippen LogP contribution in [0.25, 0.3) is 0 Å². The van der Waals surface area contributed by atoms with Crippen molar-refractivity contribution in [1.82, 2.24) is 24.4 Å². The molecular formula is C16H21N5O4S. The molecule has 1 aromatic carbocycles. The molecule has 10 heteroatoms. The lowest BCUT2D eigenvalue weighted by molar-refractivity contribution is 0.0730. The summed E-state index contributed by atoms with van der Waals surface area (Å²) in [5, 5.41) is 10.6. The van der Waals surface area contributed by atoms with E-state index in [1.807, 2.05) is 0 Å². The molecule has 1 amide bonds. The summed E-state index contributed by atoms with van der Waals surface area (Å²) >= 11 is 0. The van der Waals surface area contributed by atoms with Crippen LogP contribution in [0, 0.1) is 0 Å². The number of aromatic nitrogens is 3. The van der Waals surface area contributed by atoms with Crippen LogP contribution in [-0.2, 0) is 21.8 Å². The maximum atomic E-state index is 12.7. The monoisotopic (exact) mass is 379 g/mol. The maximum absolute atomic E-state index is 12.7. The molecule has 1 saturated heterocycles. The quantitative estimate of drug-likeness (QED) is 0.802. The predicted octanol–water partition coefficient (Wildman–Crippen LogP) is 0.327. The molecule has 0 radical (unpaired) electrons. The van der Waals surface area contributed by atoms with E-state index in [2.05, 4.69) is 15.5 Å². The van der Waals surface area contributed by atoms with Crippen molar-refractivity contribution in [3.05, 3.63) is 42.0 Å². The van der Waals surface area contributed by atoms with Crippen molar-refractivity contribution < 1.29 is 17.9 Å². The lowest BCUT2D eigenvalue weighted by Gasteiger charge is -2.26. The summed E-state index contributed by atoms with van der Waals surface area (Å²) in [5.41, 5.74) is 0.272. The van der Waals surface area contributed by atoms with Crippen LogP contribution in [0.15, 0.2) is 35.5 Å². The number of nitrogens with zero attached hydrogens (tertiary/aromatic N) is 4. The van der Waals surface area contributed by atoms with Gasteiger partial charge in [0, 0.05) is 25.7 Å². The second-order valence-corrected chi connectivity index (χ2v) is 7.98. The van der Waals surface area contributed by atoms with Crippen LogP contribution in [-0.4, -0.2) is 59.7 Å². The van der Waals surface area contributed by atoms with Crippen LogP contribution in [0.2, 0.25) is 0 Å². The Morgan fingerprint density at radius 3 is 2.69 bits per heavy atom. The molecule has 26 heavy (non-hydrogen) atoms. The van der Waals surface area contributed by atoms with E-state index in [9.17, 15) is 13.2 Å². The lowest BCUT2D eigenvalue weighted by Crippen LogP contribution is -2.40. The zero-order valence-corrected chi connectivity index (χ0v) is 15.4. The number of nitrogens with one attached hydrogen (secondary N) is 1. The maximum Gasteiger partial charge on any atom is 0.251 e. The lowest BCUT2D eigenvalue weighted by atomic mass is 10.2. The molecule has 1 N–H and O–H groups in total. The molecule has 0 saturated carbocycles. The number of carbonyl (C=O) groups is 1. The second-order valence-electron chi connectivity index (χ2n) is 6.04. The Labute approximate surface area is 152 Å². The molecule has 1 fully saturated rings. The Balaban J connectivity index is 1.78. The van der Waals surface area contributed by atoms with Gasteiger partial charge in [0.25, 0.3) is 5.91 Å². The first-order valence-electron chi connectivity index (χ1n) is 8.22. The number of rotatable bonds is 5. The highest BCUT2D eigenvalue weighted by atomic mass is 32.2. The number of benzene rings is 1. The average molecular weight is 379 g/mol. The van der Waals surface area contributed by atoms with Crippen LogP contribution in [0.1, 0.15) is 29.1 Å². The first kappa shape index (κ1) is 18.5. The van der Waals surface area contributed by atoms with Gasteiger partial charge < -0.3 is 14.6 Å². The van der Waals surface area contributed by atoms with E-state index in [0.29, 0.717) is 32.1 Å². The summed E-state index contributed by atoms with van der Waals surface area (Å²) in [6, 6.07) is 5.67. The Bertz CT molecular complexity index is 890. The molecule has 1 atom stereocenters. The van der Waals surface area contributed by atoms with Gasteiger partial charge in [-0.2, -0.15) is 4.31 Å². The van der Waals surface area contributed by atoms with Crippen LogP contribution < -0.4 is 5.32 Å². The van der Waals surface area contributed by atoms with Crippen LogP contribution in [0.4, 0.5) is 0 Å². The summed E-state index contributed by atoms with van der Waals surface area (Å²) in [4.78, 5) is 12.6. The minimum absolute atomic E-state index is 0.0957. The standard InChI is InChI=1S/C16H21N5O4S/c1-12(15-19-17-11-20(15)2)18-16(22)13-4-3-5-14(10-13)26(23,24)21-6-8-25-9-7-21/h3-5,10-12H,6-9H2,1-2H3,(H,18,22)/t12-/m0/s1. The molecule has 0 unspecified atom stereocenters. The van der Waals surface area contributed by atoms with Gasteiger partial charge in [0.1, 0.15) is 6.33 Å².